The summed E-state index contributed by atoms with van der Waals surface area (Å²) < 4.78 is 5.66. The molecule has 3 N–H and O–H groups in total. The normalized spacial score (nSPS) is 21.9. The lowest BCUT2D eigenvalue weighted by Gasteiger charge is -2.29. The van der Waals surface area contributed by atoms with Crippen LogP contribution in [0, 0.1) is 11.8 Å². The monoisotopic (exact) mass is 476 g/mol. The lowest BCUT2D eigenvalue weighted by molar-refractivity contribution is -0.143. The third kappa shape index (κ3) is 5.34. The summed E-state index contributed by atoms with van der Waals surface area (Å²) in [5.74, 6) is -1.10. The standard InChI is InChI=1S/C28H32N2O5/c31-26(30-25(27(32)33)14-17-12-13-17)18-6-5-7-19(15-18)29-28(34)35-16-24-22-10-3-1-8-20(22)21-9-2-4-11-23(21)24/h1-4,8-11,17-19,24-25H,5-7,12-16H2,(H,29,34)(H,30,31)(H,32,33)/t18-,19+,25?/m0/s1. The Morgan fingerprint density at radius 3 is 2.23 bits per heavy atom. The Labute approximate surface area is 205 Å². The highest BCUT2D eigenvalue weighted by molar-refractivity contribution is 5.85. The molecule has 2 aromatic rings. The van der Waals surface area contributed by atoms with Gasteiger partial charge in [-0.05, 0) is 53.9 Å². The third-order valence-corrected chi connectivity index (χ3v) is 7.59. The zero-order valence-corrected chi connectivity index (χ0v) is 19.7. The average molecular weight is 477 g/mol. The molecule has 2 aromatic carbocycles. The summed E-state index contributed by atoms with van der Waals surface area (Å²) in [6.45, 7) is 0.248. The first kappa shape index (κ1) is 23.4. The Bertz CT molecular complexity index is 1070. The molecule has 0 radical (unpaired) electrons. The van der Waals surface area contributed by atoms with Crippen LogP contribution in [0.15, 0.2) is 48.5 Å². The fourth-order valence-electron chi connectivity index (χ4n) is 5.56. The van der Waals surface area contributed by atoms with Crippen molar-refractivity contribution in [1.82, 2.24) is 10.6 Å². The Hall–Kier alpha value is -3.35. The number of aliphatic carboxylic acids is 1. The first-order valence-corrected chi connectivity index (χ1v) is 12.6. The van der Waals surface area contributed by atoms with E-state index in [9.17, 15) is 19.5 Å². The van der Waals surface area contributed by atoms with Gasteiger partial charge in [0.25, 0.3) is 0 Å². The number of carbonyl (C=O) groups excluding carboxylic acids is 2. The van der Waals surface area contributed by atoms with E-state index < -0.39 is 18.1 Å². The molecule has 3 aliphatic rings. The van der Waals surface area contributed by atoms with Crippen molar-refractivity contribution >= 4 is 18.0 Å². The molecule has 3 aliphatic carbocycles. The number of carbonyl (C=O) groups is 3. The SMILES string of the molecule is O=C(N[C@@H]1CCC[C@H](C(=O)NC(CC2CC2)C(=O)O)C1)OCC1c2ccccc2-c2ccccc21. The molecule has 35 heavy (non-hydrogen) atoms. The van der Waals surface area contributed by atoms with Crippen LogP contribution in [0.1, 0.15) is 62.0 Å². The van der Waals surface area contributed by atoms with Gasteiger partial charge in [-0.2, -0.15) is 0 Å². The number of ether oxygens (including phenoxy) is 1. The van der Waals surface area contributed by atoms with Crippen molar-refractivity contribution in [3.05, 3.63) is 59.7 Å². The van der Waals surface area contributed by atoms with Gasteiger partial charge in [-0.3, -0.25) is 4.79 Å². The molecule has 7 nitrogen and oxygen atoms in total. The van der Waals surface area contributed by atoms with E-state index in [0.717, 1.165) is 36.8 Å². The number of fused-ring (bicyclic) bond motifs is 3. The number of nitrogens with one attached hydrogen (secondary N) is 2. The summed E-state index contributed by atoms with van der Waals surface area (Å²) in [6.07, 6.45) is 4.86. The van der Waals surface area contributed by atoms with Crippen molar-refractivity contribution in [2.24, 2.45) is 11.8 Å². The lowest BCUT2D eigenvalue weighted by atomic mass is 9.85. The second-order valence-corrected chi connectivity index (χ2v) is 10.1. The van der Waals surface area contributed by atoms with Gasteiger partial charge < -0.3 is 20.5 Å². The van der Waals surface area contributed by atoms with E-state index in [4.69, 9.17) is 4.74 Å². The summed E-state index contributed by atoms with van der Waals surface area (Å²) in [6, 6.07) is 15.4. The molecule has 184 valence electrons. The van der Waals surface area contributed by atoms with Crippen LogP contribution < -0.4 is 10.6 Å². The second-order valence-electron chi connectivity index (χ2n) is 10.1. The van der Waals surface area contributed by atoms with E-state index in [1.54, 1.807) is 0 Å². The minimum absolute atomic E-state index is 0.00236. The van der Waals surface area contributed by atoms with Crippen LogP contribution in [0.2, 0.25) is 0 Å². The summed E-state index contributed by atoms with van der Waals surface area (Å²) in [7, 11) is 0. The quantitative estimate of drug-likeness (QED) is 0.522. The maximum Gasteiger partial charge on any atom is 0.407 e. The zero-order valence-electron chi connectivity index (χ0n) is 19.7. The van der Waals surface area contributed by atoms with Crippen LogP contribution in [0.25, 0.3) is 11.1 Å². The van der Waals surface area contributed by atoms with Crippen LogP contribution in [0.4, 0.5) is 4.79 Å². The Kier molecular flexibility index (Phi) is 6.75. The van der Waals surface area contributed by atoms with Gasteiger partial charge in [-0.1, -0.05) is 67.8 Å². The molecule has 0 aromatic heterocycles. The molecular formula is C28H32N2O5. The van der Waals surface area contributed by atoms with Crippen LogP contribution in [-0.2, 0) is 14.3 Å². The van der Waals surface area contributed by atoms with Gasteiger partial charge in [-0.15, -0.1) is 0 Å². The van der Waals surface area contributed by atoms with Crippen LogP contribution in [0.3, 0.4) is 0 Å². The molecule has 1 unspecified atom stereocenters. The highest BCUT2D eigenvalue weighted by Gasteiger charge is 2.34. The van der Waals surface area contributed by atoms with Gasteiger partial charge in [-0.25, -0.2) is 9.59 Å². The molecule has 0 heterocycles. The lowest BCUT2D eigenvalue weighted by Crippen LogP contribution is -2.47. The van der Waals surface area contributed by atoms with Crippen molar-refractivity contribution in [1.29, 1.82) is 0 Å². The van der Waals surface area contributed by atoms with Crippen molar-refractivity contribution in [2.45, 2.75) is 62.9 Å². The largest absolute Gasteiger partial charge is 0.480 e. The number of alkyl carbamates (subject to hydrolysis) is 1. The molecular weight excluding hydrogens is 444 g/mol. The van der Waals surface area contributed by atoms with Gasteiger partial charge in [0.1, 0.15) is 12.6 Å². The molecule has 0 saturated heterocycles. The van der Waals surface area contributed by atoms with Crippen molar-refractivity contribution < 1.29 is 24.2 Å². The number of rotatable bonds is 8. The Balaban J connectivity index is 1.14. The topological polar surface area (TPSA) is 105 Å². The predicted octanol–water partition coefficient (Wildman–Crippen LogP) is 4.45. The van der Waals surface area contributed by atoms with Crippen molar-refractivity contribution in [2.75, 3.05) is 6.61 Å². The molecule has 0 bridgehead atoms. The van der Waals surface area contributed by atoms with Crippen LogP contribution in [-0.4, -0.2) is 41.8 Å². The fraction of sp³-hybridized carbons (Fsp3) is 0.464. The summed E-state index contributed by atoms with van der Waals surface area (Å²) in [4.78, 5) is 37.0. The van der Waals surface area contributed by atoms with Gasteiger partial charge >= 0.3 is 12.1 Å². The summed E-state index contributed by atoms with van der Waals surface area (Å²) >= 11 is 0. The number of hydrogen-bond acceptors (Lipinski definition) is 4. The number of hydrogen-bond donors (Lipinski definition) is 3. The Morgan fingerprint density at radius 2 is 1.60 bits per heavy atom. The highest BCUT2D eigenvalue weighted by Crippen LogP contribution is 2.44. The van der Waals surface area contributed by atoms with Crippen molar-refractivity contribution in [3.63, 3.8) is 0 Å². The van der Waals surface area contributed by atoms with E-state index >= 15 is 0 Å². The molecule has 5 rings (SSSR count). The van der Waals surface area contributed by atoms with Gasteiger partial charge in [0.2, 0.25) is 5.91 Å². The maximum atomic E-state index is 12.8. The summed E-state index contributed by atoms with van der Waals surface area (Å²) in [5.41, 5.74) is 4.68. The smallest absolute Gasteiger partial charge is 0.407 e. The predicted molar refractivity (Wildman–Crippen MR) is 131 cm³/mol. The molecule has 2 fully saturated rings. The Morgan fingerprint density at radius 1 is 0.943 bits per heavy atom. The van der Waals surface area contributed by atoms with Crippen molar-refractivity contribution in [3.8, 4) is 11.1 Å². The third-order valence-electron chi connectivity index (χ3n) is 7.59. The number of carboxylic acid groups (broad SMARTS) is 1. The second kappa shape index (κ2) is 10.1. The van der Waals surface area contributed by atoms with Gasteiger partial charge in [0, 0.05) is 17.9 Å². The zero-order chi connectivity index (χ0) is 24.4. The first-order valence-electron chi connectivity index (χ1n) is 12.6. The maximum absolute atomic E-state index is 12.8. The number of benzene rings is 2. The molecule has 0 spiro atoms. The molecule has 0 aliphatic heterocycles. The molecule has 7 heteroatoms. The highest BCUT2D eigenvalue weighted by atomic mass is 16.5. The molecule has 3 atom stereocenters. The van der Waals surface area contributed by atoms with E-state index in [0.29, 0.717) is 25.2 Å². The number of amides is 2. The van der Waals surface area contributed by atoms with E-state index in [-0.39, 0.29) is 30.4 Å². The van der Waals surface area contributed by atoms with Crippen LogP contribution >= 0.6 is 0 Å². The molecule has 2 amide bonds. The minimum Gasteiger partial charge on any atom is -0.480 e. The summed E-state index contributed by atoms with van der Waals surface area (Å²) in [5, 5.41) is 15.1. The van der Waals surface area contributed by atoms with E-state index in [2.05, 4.69) is 34.9 Å². The minimum atomic E-state index is -0.977. The van der Waals surface area contributed by atoms with Gasteiger partial charge in [0.15, 0.2) is 0 Å². The van der Waals surface area contributed by atoms with Gasteiger partial charge in [0.05, 0.1) is 0 Å². The van der Waals surface area contributed by atoms with E-state index in [1.165, 1.54) is 11.1 Å². The molecule has 2 saturated carbocycles. The fourth-order valence-corrected chi connectivity index (χ4v) is 5.56. The average Bonchev–Trinajstić information content (AvgIpc) is 3.63. The van der Waals surface area contributed by atoms with E-state index in [1.807, 2.05) is 24.3 Å². The van der Waals surface area contributed by atoms with Crippen LogP contribution in [0.5, 0.6) is 0 Å². The first-order chi connectivity index (χ1) is 17.0. The number of carboxylic acids is 1.